The zero-order valence-corrected chi connectivity index (χ0v) is 15.4. The number of nitrogens with zero attached hydrogens (tertiary/aromatic N) is 2. The highest BCUT2D eigenvalue weighted by Gasteiger charge is 2.19. The number of nitrogens with one attached hydrogen (secondary N) is 2. The summed E-state index contributed by atoms with van der Waals surface area (Å²) in [5.74, 6) is 0.845. The quantitative estimate of drug-likeness (QED) is 0.571. The van der Waals surface area contributed by atoms with E-state index in [0.717, 1.165) is 55.0 Å². The van der Waals surface area contributed by atoms with E-state index in [1.807, 2.05) is 24.4 Å². The lowest BCUT2D eigenvalue weighted by Gasteiger charge is -2.27. The highest BCUT2D eigenvalue weighted by molar-refractivity contribution is 5.80. The summed E-state index contributed by atoms with van der Waals surface area (Å²) in [5.41, 5.74) is 3.24. The Hall–Kier alpha value is -2.40. The van der Waals surface area contributed by atoms with Crippen LogP contribution < -0.4 is 10.6 Å². The van der Waals surface area contributed by atoms with E-state index in [9.17, 15) is 5.11 Å². The second-order valence-corrected chi connectivity index (χ2v) is 6.76. The number of guanidine groups is 1. The van der Waals surface area contributed by atoms with E-state index in [0.29, 0.717) is 12.6 Å². The molecule has 0 radical (unpaired) electrons. The van der Waals surface area contributed by atoms with E-state index in [2.05, 4.69) is 46.8 Å². The largest absolute Gasteiger partial charge is 0.393 e. The number of rotatable bonds is 5. The maximum absolute atomic E-state index is 9.66. The van der Waals surface area contributed by atoms with Crippen molar-refractivity contribution in [2.45, 2.75) is 51.3 Å². The highest BCUT2D eigenvalue weighted by atomic mass is 16.3. The molecule has 138 valence electrons. The van der Waals surface area contributed by atoms with Gasteiger partial charge < -0.3 is 15.7 Å². The fourth-order valence-corrected chi connectivity index (χ4v) is 3.27. The number of aromatic nitrogens is 1. The second kappa shape index (κ2) is 9.34. The highest BCUT2D eigenvalue weighted by Crippen LogP contribution is 2.19. The molecule has 2 aromatic rings. The van der Waals surface area contributed by atoms with Gasteiger partial charge in [0.1, 0.15) is 0 Å². The van der Waals surface area contributed by atoms with Crippen LogP contribution in [0.5, 0.6) is 0 Å². The van der Waals surface area contributed by atoms with Crippen molar-refractivity contribution in [1.82, 2.24) is 15.6 Å². The van der Waals surface area contributed by atoms with E-state index in [1.54, 1.807) is 0 Å². The van der Waals surface area contributed by atoms with Crippen LogP contribution in [0.15, 0.2) is 53.7 Å². The van der Waals surface area contributed by atoms with Gasteiger partial charge in [-0.25, -0.2) is 4.99 Å². The molecular weight excluding hydrogens is 324 g/mol. The number of hydrogen-bond donors (Lipinski definition) is 3. The van der Waals surface area contributed by atoms with Crippen molar-refractivity contribution in [2.24, 2.45) is 4.99 Å². The Balaban J connectivity index is 1.65. The molecule has 26 heavy (non-hydrogen) atoms. The van der Waals surface area contributed by atoms with Crippen LogP contribution in [0.3, 0.4) is 0 Å². The van der Waals surface area contributed by atoms with E-state index in [1.165, 1.54) is 0 Å². The monoisotopic (exact) mass is 352 g/mol. The number of aliphatic hydroxyl groups excluding tert-OH is 1. The predicted molar refractivity (Wildman–Crippen MR) is 106 cm³/mol. The van der Waals surface area contributed by atoms with Crippen molar-refractivity contribution in [1.29, 1.82) is 0 Å². The average Bonchev–Trinajstić information content (AvgIpc) is 2.69. The summed E-state index contributed by atoms with van der Waals surface area (Å²) in [6.07, 6.45) is 5.38. The molecule has 1 fully saturated rings. The van der Waals surface area contributed by atoms with Gasteiger partial charge in [0.2, 0.25) is 0 Å². The van der Waals surface area contributed by atoms with E-state index >= 15 is 0 Å². The minimum absolute atomic E-state index is 0.137. The molecule has 0 saturated heterocycles. The fourth-order valence-electron chi connectivity index (χ4n) is 3.27. The maximum Gasteiger partial charge on any atom is 0.191 e. The molecule has 5 heteroatoms. The minimum Gasteiger partial charge on any atom is -0.393 e. The number of aliphatic hydroxyl groups is 1. The second-order valence-electron chi connectivity index (χ2n) is 6.76. The zero-order valence-electron chi connectivity index (χ0n) is 15.4. The third-order valence-electron chi connectivity index (χ3n) is 4.69. The Morgan fingerprint density at radius 2 is 2.00 bits per heavy atom. The topological polar surface area (TPSA) is 69.5 Å². The molecule has 0 bridgehead atoms. The van der Waals surface area contributed by atoms with Crippen molar-refractivity contribution in [3.8, 4) is 11.3 Å². The van der Waals surface area contributed by atoms with Crippen LogP contribution in [0.1, 0.15) is 38.2 Å². The van der Waals surface area contributed by atoms with Gasteiger partial charge in [-0.05, 0) is 56.4 Å². The molecule has 1 saturated carbocycles. The smallest absolute Gasteiger partial charge is 0.191 e. The van der Waals surface area contributed by atoms with Crippen LogP contribution in [0.4, 0.5) is 0 Å². The standard InChI is InChI=1S/C21H28N4O/c1-2-22-21(25-18-9-11-19(26)12-10-18)24-15-16-6-5-7-17(14-16)20-8-3-4-13-23-20/h3-8,13-14,18-19,26H,2,9-12,15H2,1H3,(H2,22,24,25). The molecule has 1 heterocycles. The van der Waals surface area contributed by atoms with Gasteiger partial charge in [-0.1, -0.05) is 24.3 Å². The molecule has 0 aliphatic heterocycles. The van der Waals surface area contributed by atoms with Crippen LogP contribution in [0.25, 0.3) is 11.3 Å². The summed E-state index contributed by atoms with van der Waals surface area (Å²) in [5, 5.41) is 16.5. The van der Waals surface area contributed by atoms with Gasteiger partial charge in [0.25, 0.3) is 0 Å². The first-order valence-electron chi connectivity index (χ1n) is 9.48. The summed E-state index contributed by atoms with van der Waals surface area (Å²) in [6, 6.07) is 14.7. The summed E-state index contributed by atoms with van der Waals surface area (Å²) in [7, 11) is 0. The van der Waals surface area contributed by atoms with Crippen LogP contribution >= 0.6 is 0 Å². The van der Waals surface area contributed by atoms with E-state index in [4.69, 9.17) is 4.99 Å². The van der Waals surface area contributed by atoms with E-state index in [-0.39, 0.29) is 6.10 Å². The molecule has 3 N–H and O–H groups in total. The van der Waals surface area contributed by atoms with Crippen LogP contribution in [-0.2, 0) is 6.54 Å². The Morgan fingerprint density at radius 1 is 1.15 bits per heavy atom. The molecule has 1 aromatic carbocycles. The van der Waals surface area contributed by atoms with Crippen molar-refractivity contribution in [3.63, 3.8) is 0 Å². The molecule has 1 aliphatic carbocycles. The summed E-state index contributed by atoms with van der Waals surface area (Å²) >= 11 is 0. The predicted octanol–water partition coefficient (Wildman–Crippen LogP) is 3.11. The Labute approximate surface area is 155 Å². The van der Waals surface area contributed by atoms with Gasteiger partial charge in [0, 0.05) is 24.3 Å². The van der Waals surface area contributed by atoms with Crippen molar-refractivity contribution < 1.29 is 5.11 Å². The lowest BCUT2D eigenvalue weighted by atomic mass is 9.93. The first kappa shape index (κ1) is 18.4. The minimum atomic E-state index is -0.137. The van der Waals surface area contributed by atoms with Crippen molar-refractivity contribution in [2.75, 3.05) is 6.54 Å². The van der Waals surface area contributed by atoms with Gasteiger partial charge in [-0.2, -0.15) is 0 Å². The molecule has 0 spiro atoms. The lowest BCUT2D eigenvalue weighted by molar-refractivity contribution is 0.120. The van der Waals surface area contributed by atoms with Gasteiger partial charge in [0.15, 0.2) is 5.96 Å². The van der Waals surface area contributed by atoms with E-state index < -0.39 is 0 Å². The van der Waals surface area contributed by atoms with Gasteiger partial charge in [-0.3, -0.25) is 4.98 Å². The third-order valence-corrected chi connectivity index (χ3v) is 4.69. The number of hydrogen-bond acceptors (Lipinski definition) is 3. The van der Waals surface area contributed by atoms with Crippen LogP contribution in [0, 0.1) is 0 Å². The lowest BCUT2D eigenvalue weighted by Crippen LogP contribution is -2.45. The fraction of sp³-hybridized carbons (Fsp3) is 0.429. The molecule has 3 rings (SSSR count). The average molecular weight is 352 g/mol. The normalized spacial score (nSPS) is 20.6. The Morgan fingerprint density at radius 3 is 2.73 bits per heavy atom. The van der Waals surface area contributed by atoms with Gasteiger partial charge >= 0.3 is 0 Å². The first-order chi connectivity index (χ1) is 12.7. The molecule has 0 atom stereocenters. The first-order valence-corrected chi connectivity index (χ1v) is 9.48. The summed E-state index contributed by atoms with van der Waals surface area (Å²) in [4.78, 5) is 9.16. The summed E-state index contributed by atoms with van der Waals surface area (Å²) in [6.45, 7) is 3.52. The maximum atomic E-state index is 9.66. The van der Waals surface area contributed by atoms with Crippen LogP contribution in [0.2, 0.25) is 0 Å². The zero-order chi connectivity index (χ0) is 18.2. The SMILES string of the molecule is CCNC(=NCc1cccc(-c2ccccn2)c1)NC1CCC(O)CC1. The molecular formula is C21H28N4O. The summed E-state index contributed by atoms with van der Waals surface area (Å²) < 4.78 is 0. The molecule has 1 aromatic heterocycles. The molecule has 0 unspecified atom stereocenters. The van der Waals surface area contributed by atoms with Crippen LogP contribution in [-0.4, -0.2) is 34.7 Å². The number of aliphatic imine (C=N–C) groups is 1. The van der Waals surface area contributed by atoms with Gasteiger partial charge in [0.05, 0.1) is 18.3 Å². The van der Waals surface area contributed by atoms with Crippen molar-refractivity contribution in [3.05, 3.63) is 54.2 Å². The number of pyridine rings is 1. The number of benzene rings is 1. The van der Waals surface area contributed by atoms with Crippen molar-refractivity contribution >= 4 is 5.96 Å². The molecule has 1 aliphatic rings. The Kier molecular flexibility index (Phi) is 6.61. The molecule has 5 nitrogen and oxygen atoms in total. The van der Waals surface area contributed by atoms with Gasteiger partial charge in [-0.15, -0.1) is 0 Å². The third kappa shape index (κ3) is 5.30. The Bertz CT molecular complexity index is 709. The molecule has 0 amide bonds.